The molecule has 1 aliphatic heterocycles. The van der Waals surface area contributed by atoms with E-state index in [1.165, 1.54) is 18.2 Å². The summed E-state index contributed by atoms with van der Waals surface area (Å²) in [5.41, 5.74) is 0.513. The molecule has 0 spiro atoms. The number of rotatable bonds is 1. The summed E-state index contributed by atoms with van der Waals surface area (Å²) in [6, 6.07) is 4.22. The molecule has 1 aromatic rings. The molecule has 82 valence electrons. The summed E-state index contributed by atoms with van der Waals surface area (Å²) in [6.07, 6.45) is 0. The first-order valence-electron chi connectivity index (χ1n) is 4.33. The van der Waals surface area contributed by atoms with Crippen LogP contribution in [0, 0.1) is 0 Å². The van der Waals surface area contributed by atoms with E-state index in [9.17, 15) is 10.2 Å². The van der Waals surface area contributed by atoms with Gasteiger partial charge in [0.25, 0.3) is 0 Å². The van der Waals surface area contributed by atoms with E-state index < -0.39 is 0 Å². The van der Waals surface area contributed by atoms with Crippen LogP contribution in [0.4, 0.5) is 5.69 Å². The van der Waals surface area contributed by atoms with Crippen LogP contribution in [-0.4, -0.2) is 29.3 Å². The quantitative estimate of drug-likeness (QED) is 0.612. The van der Waals surface area contributed by atoms with Crippen molar-refractivity contribution >= 4 is 28.6 Å². The maximum Gasteiger partial charge on any atom is 0.196 e. The molecule has 1 aromatic carbocycles. The second-order valence-corrected chi connectivity index (χ2v) is 3.02. The normalized spacial score (nSPS) is 13.7. The van der Waals surface area contributed by atoms with Gasteiger partial charge in [-0.15, -0.1) is 17.0 Å². The van der Waals surface area contributed by atoms with Gasteiger partial charge in [0.1, 0.15) is 11.5 Å². The third-order valence-corrected chi connectivity index (χ3v) is 1.84. The third kappa shape index (κ3) is 3.02. The second-order valence-electron chi connectivity index (χ2n) is 3.02. The molecule has 0 bridgehead atoms. The van der Waals surface area contributed by atoms with Crippen molar-refractivity contribution in [1.29, 1.82) is 0 Å². The molecule has 0 saturated carbocycles. The molecule has 2 rings (SSSR count). The van der Waals surface area contributed by atoms with Gasteiger partial charge in [-0.1, -0.05) is 0 Å². The molecule has 4 N–H and O–H groups in total. The Bertz CT molecular complexity index is 353. The minimum atomic E-state index is 0. The number of aromatic hydroxyl groups is 2. The smallest absolute Gasteiger partial charge is 0.196 e. The van der Waals surface area contributed by atoms with E-state index in [4.69, 9.17) is 0 Å². The Balaban J connectivity index is 0.00000112. The first-order valence-corrected chi connectivity index (χ1v) is 4.33. The number of hydrogen-bond donors (Lipinski definition) is 4. The van der Waals surface area contributed by atoms with Gasteiger partial charge in [-0.25, -0.2) is 4.99 Å². The van der Waals surface area contributed by atoms with Gasteiger partial charge in [0.2, 0.25) is 0 Å². The fourth-order valence-electron chi connectivity index (χ4n) is 1.28. The Morgan fingerprint density at radius 1 is 1.00 bits per heavy atom. The molecule has 5 nitrogen and oxygen atoms in total. The summed E-state index contributed by atoms with van der Waals surface area (Å²) in [6.45, 7) is 1.67. The van der Waals surface area contributed by atoms with Crippen LogP contribution in [0.5, 0.6) is 11.5 Å². The molecule has 1 saturated heterocycles. The molecular formula is C9H12BrN3O2. The molecule has 0 aliphatic carbocycles. The number of aliphatic imine (C=N–C) groups is 1. The van der Waals surface area contributed by atoms with E-state index in [1.54, 1.807) is 0 Å². The van der Waals surface area contributed by atoms with Crippen LogP contribution < -0.4 is 10.6 Å². The van der Waals surface area contributed by atoms with E-state index in [0.717, 1.165) is 13.1 Å². The van der Waals surface area contributed by atoms with Crippen molar-refractivity contribution in [1.82, 2.24) is 10.6 Å². The average Bonchev–Trinajstić information content (AvgIpc) is 2.54. The summed E-state index contributed by atoms with van der Waals surface area (Å²) in [5.74, 6) is 0.666. The summed E-state index contributed by atoms with van der Waals surface area (Å²) >= 11 is 0. The van der Waals surface area contributed by atoms with E-state index in [2.05, 4.69) is 15.6 Å². The van der Waals surface area contributed by atoms with Gasteiger partial charge in [-0.05, 0) is 0 Å². The molecule has 1 aliphatic rings. The number of nitrogens with zero attached hydrogens (tertiary/aromatic N) is 1. The Kier molecular flexibility index (Phi) is 3.79. The highest BCUT2D eigenvalue weighted by atomic mass is 79.9. The Morgan fingerprint density at radius 3 is 2.07 bits per heavy atom. The lowest BCUT2D eigenvalue weighted by atomic mass is 10.3. The summed E-state index contributed by atoms with van der Waals surface area (Å²) < 4.78 is 0. The molecule has 0 amide bonds. The molecule has 0 unspecified atom stereocenters. The fourth-order valence-corrected chi connectivity index (χ4v) is 1.28. The zero-order chi connectivity index (χ0) is 9.97. The number of phenolic OH excluding ortho intramolecular Hbond substituents is 2. The lowest BCUT2D eigenvalue weighted by Gasteiger charge is -2.00. The Morgan fingerprint density at radius 2 is 1.53 bits per heavy atom. The predicted octanol–water partition coefficient (Wildman–Crippen LogP) is 0.856. The Hall–Kier alpha value is -1.43. The third-order valence-electron chi connectivity index (χ3n) is 1.84. The lowest BCUT2D eigenvalue weighted by molar-refractivity contribution is 0.451. The van der Waals surface area contributed by atoms with E-state index in [1.807, 2.05) is 0 Å². The number of nitrogens with one attached hydrogen (secondary N) is 2. The van der Waals surface area contributed by atoms with Crippen molar-refractivity contribution in [3.8, 4) is 11.5 Å². The van der Waals surface area contributed by atoms with Crippen LogP contribution in [0.2, 0.25) is 0 Å². The molecule has 0 atom stereocenters. The maximum absolute atomic E-state index is 9.20. The summed E-state index contributed by atoms with van der Waals surface area (Å²) in [4.78, 5) is 4.15. The second kappa shape index (κ2) is 4.88. The van der Waals surface area contributed by atoms with Gasteiger partial charge in [0.15, 0.2) is 5.96 Å². The van der Waals surface area contributed by atoms with E-state index in [-0.39, 0.29) is 28.5 Å². The van der Waals surface area contributed by atoms with E-state index >= 15 is 0 Å². The van der Waals surface area contributed by atoms with Crippen molar-refractivity contribution in [2.24, 2.45) is 4.99 Å². The number of guanidine groups is 1. The number of hydrogen-bond acceptors (Lipinski definition) is 3. The van der Waals surface area contributed by atoms with Crippen LogP contribution >= 0.6 is 17.0 Å². The van der Waals surface area contributed by atoms with Crippen molar-refractivity contribution in [3.63, 3.8) is 0 Å². The number of benzene rings is 1. The maximum atomic E-state index is 9.20. The van der Waals surface area contributed by atoms with Gasteiger partial charge < -0.3 is 20.8 Å². The van der Waals surface area contributed by atoms with E-state index in [0.29, 0.717) is 11.6 Å². The van der Waals surface area contributed by atoms with Crippen LogP contribution in [-0.2, 0) is 0 Å². The van der Waals surface area contributed by atoms with Crippen LogP contribution in [0.1, 0.15) is 0 Å². The zero-order valence-corrected chi connectivity index (χ0v) is 9.61. The molecule has 0 aromatic heterocycles. The average molecular weight is 274 g/mol. The monoisotopic (exact) mass is 273 g/mol. The summed E-state index contributed by atoms with van der Waals surface area (Å²) in [5, 5.41) is 24.4. The van der Waals surface area contributed by atoms with Crippen molar-refractivity contribution in [2.45, 2.75) is 0 Å². The van der Waals surface area contributed by atoms with Gasteiger partial charge >= 0.3 is 0 Å². The highest BCUT2D eigenvalue weighted by Crippen LogP contribution is 2.25. The van der Waals surface area contributed by atoms with Gasteiger partial charge in [0, 0.05) is 31.3 Å². The largest absolute Gasteiger partial charge is 0.508 e. The lowest BCUT2D eigenvalue weighted by Crippen LogP contribution is -2.23. The Labute approximate surface area is 97.6 Å². The topological polar surface area (TPSA) is 76.9 Å². The van der Waals surface area contributed by atoms with Gasteiger partial charge in [0.05, 0.1) is 5.69 Å². The molecule has 6 heteroatoms. The molecular weight excluding hydrogens is 262 g/mol. The first kappa shape index (κ1) is 11.6. The molecule has 15 heavy (non-hydrogen) atoms. The van der Waals surface area contributed by atoms with Crippen molar-refractivity contribution in [2.75, 3.05) is 13.1 Å². The minimum Gasteiger partial charge on any atom is -0.508 e. The summed E-state index contributed by atoms with van der Waals surface area (Å²) in [7, 11) is 0. The van der Waals surface area contributed by atoms with Crippen molar-refractivity contribution < 1.29 is 10.2 Å². The van der Waals surface area contributed by atoms with Crippen molar-refractivity contribution in [3.05, 3.63) is 18.2 Å². The standard InChI is InChI=1S/C9H11N3O2.BrH/c13-7-3-6(4-8(14)5-7)12-9-10-1-2-11-9;/h3-5,13-14H,1-2H2,(H2,10,11,12);1H. The minimum absolute atomic E-state index is 0. The van der Waals surface area contributed by atoms with Crippen LogP contribution in [0.15, 0.2) is 23.2 Å². The zero-order valence-electron chi connectivity index (χ0n) is 7.90. The fraction of sp³-hybridized carbons (Fsp3) is 0.222. The first-order chi connectivity index (χ1) is 6.74. The highest BCUT2D eigenvalue weighted by molar-refractivity contribution is 8.93. The number of phenols is 2. The molecule has 1 heterocycles. The van der Waals surface area contributed by atoms with Gasteiger partial charge in [-0.2, -0.15) is 0 Å². The van der Waals surface area contributed by atoms with Gasteiger partial charge in [-0.3, -0.25) is 0 Å². The predicted molar refractivity (Wildman–Crippen MR) is 63.2 cm³/mol. The molecule has 1 fully saturated rings. The molecule has 0 radical (unpaired) electrons. The highest BCUT2D eigenvalue weighted by Gasteiger charge is 2.05. The van der Waals surface area contributed by atoms with Crippen LogP contribution in [0.25, 0.3) is 0 Å². The van der Waals surface area contributed by atoms with Crippen LogP contribution in [0.3, 0.4) is 0 Å². The number of halogens is 1. The SMILES string of the molecule is Br.Oc1cc(O)cc(N=C2NCCN2)c1.